The number of carbonyl (C=O) groups is 1. The van der Waals surface area contributed by atoms with Gasteiger partial charge in [0.2, 0.25) is 0 Å². The van der Waals surface area contributed by atoms with E-state index in [1.807, 2.05) is 36.4 Å². The molecule has 1 saturated heterocycles. The van der Waals surface area contributed by atoms with Crippen LogP contribution in [-0.4, -0.2) is 23.8 Å². The monoisotopic (exact) mass is 299 g/mol. The molecule has 2 nitrogen and oxygen atoms in total. The lowest BCUT2D eigenvalue weighted by molar-refractivity contribution is 0.103. The molecule has 0 atom stereocenters. The van der Waals surface area contributed by atoms with Gasteiger partial charge in [-0.2, -0.15) is 0 Å². The van der Waals surface area contributed by atoms with Crippen molar-refractivity contribution in [1.29, 1.82) is 0 Å². The van der Waals surface area contributed by atoms with Crippen molar-refractivity contribution >= 4 is 17.4 Å². The molecular weight excluding hydrogens is 282 g/mol. The number of ketones is 1. The second-order valence-corrected chi connectivity index (χ2v) is 5.86. The van der Waals surface area contributed by atoms with Crippen LogP contribution >= 0.6 is 11.6 Å². The first-order valence-corrected chi connectivity index (χ1v) is 7.73. The van der Waals surface area contributed by atoms with Gasteiger partial charge >= 0.3 is 0 Å². The highest BCUT2D eigenvalue weighted by molar-refractivity contribution is 6.35. The number of rotatable bonds is 4. The molecule has 0 amide bonds. The average molecular weight is 300 g/mol. The highest BCUT2D eigenvalue weighted by atomic mass is 35.5. The number of hydrogen-bond acceptors (Lipinski definition) is 2. The maximum absolute atomic E-state index is 12.8. The smallest absolute Gasteiger partial charge is 0.194 e. The molecule has 0 N–H and O–H groups in total. The van der Waals surface area contributed by atoms with Crippen LogP contribution in [0.5, 0.6) is 0 Å². The number of carbonyl (C=O) groups excluding carboxylic acids is 1. The van der Waals surface area contributed by atoms with Crippen molar-refractivity contribution in [3.63, 3.8) is 0 Å². The normalized spacial score (nSPS) is 15.3. The van der Waals surface area contributed by atoms with Crippen LogP contribution in [0.2, 0.25) is 5.02 Å². The van der Waals surface area contributed by atoms with Gasteiger partial charge in [0.05, 0.1) is 5.02 Å². The minimum absolute atomic E-state index is 0.00963. The average Bonchev–Trinajstić information content (AvgIpc) is 3.01. The molecule has 0 aromatic heterocycles. The van der Waals surface area contributed by atoms with Crippen LogP contribution in [0, 0.1) is 0 Å². The fraction of sp³-hybridized carbons (Fsp3) is 0.278. The highest BCUT2D eigenvalue weighted by Crippen LogP contribution is 2.22. The van der Waals surface area contributed by atoms with Gasteiger partial charge in [-0.05, 0) is 43.6 Å². The van der Waals surface area contributed by atoms with E-state index in [0.29, 0.717) is 10.6 Å². The van der Waals surface area contributed by atoms with E-state index in [1.54, 1.807) is 12.1 Å². The van der Waals surface area contributed by atoms with Crippen LogP contribution in [0.1, 0.15) is 34.3 Å². The molecule has 1 fully saturated rings. The van der Waals surface area contributed by atoms with Gasteiger partial charge in [-0.25, -0.2) is 0 Å². The van der Waals surface area contributed by atoms with E-state index in [-0.39, 0.29) is 5.78 Å². The van der Waals surface area contributed by atoms with Crippen molar-refractivity contribution in [2.24, 2.45) is 0 Å². The highest BCUT2D eigenvalue weighted by Gasteiger charge is 2.18. The van der Waals surface area contributed by atoms with Gasteiger partial charge in [0, 0.05) is 17.7 Å². The number of halogens is 1. The summed E-state index contributed by atoms with van der Waals surface area (Å²) in [5.41, 5.74) is 2.43. The summed E-state index contributed by atoms with van der Waals surface area (Å²) >= 11 is 6.16. The zero-order chi connectivity index (χ0) is 14.7. The fourth-order valence-electron chi connectivity index (χ4n) is 2.85. The topological polar surface area (TPSA) is 20.3 Å². The van der Waals surface area contributed by atoms with E-state index in [2.05, 4.69) is 4.90 Å². The summed E-state index contributed by atoms with van der Waals surface area (Å²) in [6.45, 7) is 3.08. The van der Waals surface area contributed by atoms with Gasteiger partial charge in [0.15, 0.2) is 5.78 Å². The summed E-state index contributed by atoms with van der Waals surface area (Å²) in [7, 11) is 0. The Labute approximate surface area is 130 Å². The van der Waals surface area contributed by atoms with Gasteiger partial charge in [-0.1, -0.05) is 48.0 Å². The summed E-state index contributed by atoms with van der Waals surface area (Å²) in [6.07, 6.45) is 2.50. The molecule has 108 valence electrons. The molecule has 0 saturated carbocycles. The Morgan fingerprint density at radius 1 is 0.952 bits per heavy atom. The maximum Gasteiger partial charge on any atom is 0.194 e. The lowest BCUT2D eigenvalue weighted by atomic mass is 9.98. The zero-order valence-corrected chi connectivity index (χ0v) is 12.6. The summed E-state index contributed by atoms with van der Waals surface area (Å²) in [6, 6.07) is 15.1. The molecule has 1 aliphatic rings. The molecule has 3 heteroatoms. The van der Waals surface area contributed by atoms with Crippen molar-refractivity contribution in [3.05, 3.63) is 70.2 Å². The predicted octanol–water partition coefficient (Wildman–Crippen LogP) is 4.17. The molecule has 1 aliphatic heterocycles. The molecule has 2 aromatic carbocycles. The summed E-state index contributed by atoms with van der Waals surface area (Å²) in [5, 5.41) is 0.512. The molecule has 0 spiro atoms. The first-order valence-electron chi connectivity index (χ1n) is 7.35. The number of likely N-dealkylation sites (tertiary alicyclic amines) is 1. The van der Waals surface area contributed by atoms with Crippen LogP contribution in [0.3, 0.4) is 0 Å². The Morgan fingerprint density at radius 3 is 2.29 bits per heavy atom. The quantitative estimate of drug-likeness (QED) is 0.790. The molecule has 0 unspecified atom stereocenters. The lowest BCUT2D eigenvalue weighted by Gasteiger charge is -2.17. The van der Waals surface area contributed by atoms with E-state index >= 15 is 0 Å². The van der Waals surface area contributed by atoms with Crippen LogP contribution in [0.25, 0.3) is 0 Å². The van der Waals surface area contributed by atoms with Crippen molar-refractivity contribution in [3.8, 4) is 0 Å². The van der Waals surface area contributed by atoms with E-state index in [9.17, 15) is 4.79 Å². The number of hydrogen-bond donors (Lipinski definition) is 0. The SMILES string of the molecule is O=C(c1ccccc1Cl)c1ccccc1CN1CCCC1. The second-order valence-electron chi connectivity index (χ2n) is 5.45. The molecule has 0 aliphatic carbocycles. The standard InChI is InChI=1S/C18H18ClNO/c19-17-10-4-3-9-16(17)18(21)15-8-2-1-7-14(15)13-20-11-5-6-12-20/h1-4,7-10H,5-6,11-13H2. The minimum atomic E-state index is 0.00963. The first-order chi connectivity index (χ1) is 10.3. The van der Waals surface area contributed by atoms with Crippen molar-refractivity contribution in [2.75, 3.05) is 13.1 Å². The van der Waals surface area contributed by atoms with E-state index in [4.69, 9.17) is 11.6 Å². The Morgan fingerprint density at radius 2 is 1.57 bits per heavy atom. The fourth-order valence-corrected chi connectivity index (χ4v) is 3.07. The Hall–Kier alpha value is -1.64. The van der Waals surface area contributed by atoms with Crippen LogP contribution < -0.4 is 0 Å². The van der Waals surface area contributed by atoms with Crippen molar-refractivity contribution in [2.45, 2.75) is 19.4 Å². The van der Waals surface area contributed by atoms with Gasteiger partial charge < -0.3 is 0 Å². The van der Waals surface area contributed by atoms with Gasteiger partial charge in [0.25, 0.3) is 0 Å². The van der Waals surface area contributed by atoms with Crippen molar-refractivity contribution < 1.29 is 4.79 Å². The third kappa shape index (κ3) is 3.17. The van der Waals surface area contributed by atoms with Crippen LogP contribution in [0.4, 0.5) is 0 Å². The summed E-state index contributed by atoms with van der Waals surface area (Å²) in [4.78, 5) is 15.2. The Balaban J connectivity index is 1.91. The third-order valence-corrected chi connectivity index (χ3v) is 4.30. The summed E-state index contributed by atoms with van der Waals surface area (Å²) < 4.78 is 0. The van der Waals surface area contributed by atoms with Crippen LogP contribution in [-0.2, 0) is 6.54 Å². The van der Waals surface area contributed by atoms with Crippen LogP contribution in [0.15, 0.2) is 48.5 Å². The first kappa shape index (κ1) is 14.3. The molecule has 1 heterocycles. The van der Waals surface area contributed by atoms with Gasteiger partial charge in [0.1, 0.15) is 0 Å². The van der Waals surface area contributed by atoms with Crippen molar-refractivity contribution in [1.82, 2.24) is 4.90 Å². The number of nitrogens with zero attached hydrogens (tertiary/aromatic N) is 1. The molecular formula is C18H18ClNO. The molecule has 0 bridgehead atoms. The van der Waals surface area contributed by atoms with E-state index in [0.717, 1.165) is 30.8 Å². The minimum Gasteiger partial charge on any atom is -0.299 e. The molecule has 21 heavy (non-hydrogen) atoms. The lowest BCUT2D eigenvalue weighted by Crippen LogP contribution is -2.20. The molecule has 3 rings (SSSR count). The largest absolute Gasteiger partial charge is 0.299 e. The second kappa shape index (κ2) is 6.42. The van der Waals surface area contributed by atoms with Gasteiger partial charge in [-0.15, -0.1) is 0 Å². The Kier molecular flexibility index (Phi) is 4.37. The summed E-state index contributed by atoms with van der Waals surface area (Å²) in [5.74, 6) is 0.00963. The molecule has 0 radical (unpaired) electrons. The zero-order valence-electron chi connectivity index (χ0n) is 11.9. The predicted molar refractivity (Wildman–Crippen MR) is 85.8 cm³/mol. The third-order valence-electron chi connectivity index (χ3n) is 3.97. The number of benzene rings is 2. The van der Waals surface area contributed by atoms with Gasteiger partial charge in [-0.3, -0.25) is 9.69 Å². The Bertz CT molecular complexity index is 647. The van der Waals surface area contributed by atoms with E-state index < -0.39 is 0 Å². The maximum atomic E-state index is 12.8. The van der Waals surface area contributed by atoms with E-state index in [1.165, 1.54) is 12.8 Å². The molecule has 2 aromatic rings.